The molecule has 0 aromatic heterocycles. The number of nitrogens with zero attached hydrogens (tertiary/aromatic N) is 2. The molecule has 160 valence electrons. The summed E-state index contributed by atoms with van der Waals surface area (Å²) in [4.78, 5) is 19.4. The van der Waals surface area contributed by atoms with Crippen LogP contribution in [0.5, 0.6) is 5.75 Å². The molecule has 0 spiro atoms. The molecule has 0 saturated carbocycles. The second-order valence-corrected chi connectivity index (χ2v) is 7.02. The summed E-state index contributed by atoms with van der Waals surface area (Å²) in [7, 11) is 1.59. The summed E-state index contributed by atoms with van der Waals surface area (Å²) >= 11 is 0. The van der Waals surface area contributed by atoms with Gasteiger partial charge in [-0.15, -0.1) is 0 Å². The number of carbonyl (C=O) groups excluding carboxylic acids is 1. The number of hydrogen-bond donors (Lipinski definition) is 0. The first-order valence-electron chi connectivity index (χ1n) is 9.61. The third-order valence-electron chi connectivity index (χ3n) is 4.86. The van der Waals surface area contributed by atoms with Gasteiger partial charge in [0.25, 0.3) is 0 Å². The molecule has 30 heavy (non-hydrogen) atoms. The Balaban J connectivity index is 1.67. The highest BCUT2D eigenvalue weighted by Gasteiger charge is 2.31. The summed E-state index contributed by atoms with van der Waals surface area (Å²) in [5.74, 6) is 0.574. The molecule has 0 aliphatic carbocycles. The fraction of sp³-hybridized carbons (Fsp3) is 0.364. The van der Waals surface area contributed by atoms with Gasteiger partial charge in [0, 0.05) is 19.4 Å². The molecule has 0 radical (unpaired) electrons. The molecule has 1 heterocycles. The van der Waals surface area contributed by atoms with Gasteiger partial charge in [0.15, 0.2) is 6.10 Å². The van der Waals surface area contributed by atoms with E-state index in [1.54, 1.807) is 20.1 Å². The van der Waals surface area contributed by atoms with Gasteiger partial charge in [0.2, 0.25) is 5.91 Å². The Hall–Kier alpha value is -3.03. The molecule has 1 aliphatic heterocycles. The normalized spacial score (nSPS) is 16.0. The van der Waals surface area contributed by atoms with Crippen LogP contribution < -0.4 is 4.74 Å². The van der Waals surface area contributed by atoms with E-state index in [4.69, 9.17) is 9.57 Å². The van der Waals surface area contributed by atoms with E-state index >= 15 is 0 Å². The Bertz CT molecular complexity index is 911. The molecule has 0 fully saturated rings. The second-order valence-electron chi connectivity index (χ2n) is 7.02. The minimum Gasteiger partial charge on any atom is -0.497 e. The Morgan fingerprint density at radius 2 is 1.97 bits per heavy atom. The molecule has 0 saturated heterocycles. The number of hydrogen-bond acceptors (Lipinski definition) is 4. The number of ether oxygens (including phenoxy) is 1. The van der Waals surface area contributed by atoms with Crippen LogP contribution in [0.4, 0.5) is 13.2 Å². The minimum atomic E-state index is -4.43. The van der Waals surface area contributed by atoms with Gasteiger partial charge in [-0.3, -0.25) is 4.79 Å². The minimum absolute atomic E-state index is 0.0777. The lowest BCUT2D eigenvalue weighted by molar-refractivity contribution is -0.137. The maximum Gasteiger partial charge on any atom is 0.416 e. The monoisotopic (exact) mass is 420 g/mol. The highest BCUT2D eigenvalue weighted by molar-refractivity contribution is 6.01. The van der Waals surface area contributed by atoms with Crippen LogP contribution in [0.3, 0.4) is 0 Å². The van der Waals surface area contributed by atoms with E-state index in [9.17, 15) is 18.0 Å². The number of benzene rings is 2. The molecule has 1 atom stereocenters. The summed E-state index contributed by atoms with van der Waals surface area (Å²) in [6.45, 7) is 2.04. The average molecular weight is 420 g/mol. The van der Waals surface area contributed by atoms with E-state index < -0.39 is 11.7 Å². The number of alkyl halides is 3. The summed E-state index contributed by atoms with van der Waals surface area (Å²) in [6, 6.07) is 12.4. The van der Waals surface area contributed by atoms with Crippen LogP contribution in [0.15, 0.2) is 53.7 Å². The van der Waals surface area contributed by atoms with Crippen molar-refractivity contribution in [1.29, 1.82) is 0 Å². The fourth-order valence-corrected chi connectivity index (χ4v) is 3.27. The maximum absolute atomic E-state index is 13.0. The summed E-state index contributed by atoms with van der Waals surface area (Å²) in [6.07, 6.45) is -4.03. The van der Waals surface area contributed by atoms with Crippen molar-refractivity contribution in [3.8, 4) is 5.75 Å². The van der Waals surface area contributed by atoms with Gasteiger partial charge in [-0.1, -0.05) is 24.2 Å². The number of methoxy groups -OCH3 is 1. The number of amides is 1. The first kappa shape index (κ1) is 21.7. The SMILES string of the molecule is CCC(=O)N(Cc1cccc(C(F)(F)F)c1)C[C@@H]1CC(c2ccc(OC)cc2)=NO1. The van der Waals surface area contributed by atoms with E-state index in [2.05, 4.69) is 5.16 Å². The van der Waals surface area contributed by atoms with Gasteiger partial charge < -0.3 is 14.5 Å². The molecule has 0 bridgehead atoms. The number of oxime groups is 1. The van der Waals surface area contributed by atoms with Crippen LogP contribution in [0.25, 0.3) is 0 Å². The van der Waals surface area contributed by atoms with E-state index in [0.717, 1.165) is 29.2 Å². The third kappa shape index (κ3) is 5.31. The van der Waals surface area contributed by atoms with Crippen LogP contribution >= 0.6 is 0 Å². The standard InChI is InChI=1S/C22H23F3N2O3/c1-3-21(28)27(13-15-5-4-6-17(11-15)22(23,24)25)14-19-12-20(26-30-19)16-7-9-18(29-2)10-8-16/h4-11,19H,3,12-14H2,1-2H3/t19-/m0/s1. The quantitative estimate of drug-likeness (QED) is 0.656. The van der Waals surface area contributed by atoms with Crippen LogP contribution in [0.2, 0.25) is 0 Å². The van der Waals surface area contributed by atoms with Gasteiger partial charge in [-0.2, -0.15) is 13.2 Å². The van der Waals surface area contributed by atoms with Crippen LogP contribution in [-0.2, 0) is 22.4 Å². The van der Waals surface area contributed by atoms with Crippen LogP contribution in [0, 0.1) is 0 Å². The molecule has 3 rings (SSSR count). The van der Waals surface area contributed by atoms with Crippen LogP contribution in [-0.4, -0.2) is 36.3 Å². The van der Waals surface area contributed by atoms with E-state index in [1.165, 1.54) is 11.0 Å². The predicted molar refractivity (Wildman–Crippen MR) is 106 cm³/mol. The van der Waals surface area contributed by atoms with Crippen molar-refractivity contribution < 1.29 is 27.5 Å². The molecule has 5 nitrogen and oxygen atoms in total. The Morgan fingerprint density at radius 1 is 1.23 bits per heavy atom. The summed E-state index contributed by atoms with van der Waals surface area (Å²) < 4.78 is 44.1. The van der Waals surface area contributed by atoms with Gasteiger partial charge in [-0.05, 0) is 47.5 Å². The van der Waals surface area contributed by atoms with Crippen molar-refractivity contribution in [2.45, 2.75) is 38.6 Å². The number of carbonyl (C=O) groups is 1. The summed E-state index contributed by atoms with van der Waals surface area (Å²) in [5.41, 5.74) is 1.34. The lowest BCUT2D eigenvalue weighted by Crippen LogP contribution is -2.37. The Kier molecular flexibility index (Phi) is 6.64. The molecule has 0 unspecified atom stereocenters. The molecule has 2 aromatic rings. The first-order valence-corrected chi connectivity index (χ1v) is 9.61. The lowest BCUT2D eigenvalue weighted by atomic mass is 10.0. The van der Waals surface area contributed by atoms with Gasteiger partial charge in [0.1, 0.15) is 5.75 Å². The third-order valence-corrected chi connectivity index (χ3v) is 4.86. The predicted octanol–water partition coefficient (Wildman–Crippen LogP) is 4.65. The summed E-state index contributed by atoms with van der Waals surface area (Å²) in [5, 5.41) is 4.12. The van der Waals surface area contributed by atoms with Gasteiger partial charge >= 0.3 is 6.18 Å². The van der Waals surface area contributed by atoms with Gasteiger partial charge in [0.05, 0.1) is 24.9 Å². The molecule has 2 aromatic carbocycles. The van der Waals surface area contributed by atoms with Crippen LogP contribution in [0.1, 0.15) is 36.5 Å². The smallest absolute Gasteiger partial charge is 0.416 e. The van der Waals surface area contributed by atoms with Crippen molar-refractivity contribution in [2.75, 3.05) is 13.7 Å². The van der Waals surface area contributed by atoms with Crippen molar-refractivity contribution in [3.05, 3.63) is 65.2 Å². The highest BCUT2D eigenvalue weighted by Crippen LogP contribution is 2.30. The van der Waals surface area contributed by atoms with E-state index in [1.807, 2.05) is 24.3 Å². The van der Waals surface area contributed by atoms with Crippen molar-refractivity contribution in [2.24, 2.45) is 5.16 Å². The molecule has 8 heteroatoms. The highest BCUT2D eigenvalue weighted by atomic mass is 19.4. The lowest BCUT2D eigenvalue weighted by Gasteiger charge is -2.25. The molecular formula is C22H23F3N2O3. The second kappa shape index (κ2) is 9.19. The van der Waals surface area contributed by atoms with E-state index in [-0.39, 0.29) is 31.5 Å². The largest absolute Gasteiger partial charge is 0.497 e. The van der Waals surface area contributed by atoms with Crippen molar-refractivity contribution >= 4 is 11.6 Å². The van der Waals surface area contributed by atoms with Crippen molar-refractivity contribution in [3.63, 3.8) is 0 Å². The Morgan fingerprint density at radius 3 is 2.60 bits per heavy atom. The van der Waals surface area contributed by atoms with Gasteiger partial charge in [-0.25, -0.2) is 0 Å². The first-order chi connectivity index (χ1) is 14.3. The molecular weight excluding hydrogens is 397 g/mol. The molecule has 1 aliphatic rings. The topological polar surface area (TPSA) is 51.1 Å². The fourth-order valence-electron chi connectivity index (χ4n) is 3.27. The molecule has 1 amide bonds. The zero-order valence-electron chi connectivity index (χ0n) is 16.8. The number of rotatable bonds is 7. The zero-order valence-corrected chi connectivity index (χ0v) is 16.8. The maximum atomic E-state index is 13.0. The van der Waals surface area contributed by atoms with Crippen molar-refractivity contribution in [1.82, 2.24) is 4.90 Å². The molecule has 0 N–H and O–H groups in total. The van der Waals surface area contributed by atoms with E-state index in [0.29, 0.717) is 12.0 Å². The zero-order chi connectivity index (χ0) is 21.7. The number of halogens is 3. The average Bonchev–Trinajstić information content (AvgIpc) is 3.21. The Labute approximate surface area is 173 Å².